The molecule has 98 valence electrons. The van der Waals surface area contributed by atoms with Gasteiger partial charge in [-0.2, -0.15) is 0 Å². The van der Waals surface area contributed by atoms with Crippen molar-refractivity contribution in [1.29, 1.82) is 0 Å². The van der Waals surface area contributed by atoms with Crippen molar-refractivity contribution in [3.63, 3.8) is 0 Å². The zero-order valence-electron chi connectivity index (χ0n) is 11.0. The lowest BCUT2D eigenvalue weighted by atomic mass is 10.1. The van der Waals surface area contributed by atoms with Gasteiger partial charge in [-0.3, -0.25) is 4.79 Å². The van der Waals surface area contributed by atoms with Gasteiger partial charge in [-0.15, -0.1) is 0 Å². The van der Waals surface area contributed by atoms with Crippen LogP contribution in [0.4, 0.5) is 4.39 Å². The van der Waals surface area contributed by atoms with Gasteiger partial charge in [0.1, 0.15) is 5.82 Å². The van der Waals surface area contributed by atoms with Gasteiger partial charge in [-0.05, 0) is 30.4 Å². The van der Waals surface area contributed by atoms with Crippen LogP contribution in [0, 0.1) is 11.7 Å². The summed E-state index contributed by atoms with van der Waals surface area (Å²) in [5, 5.41) is 0. The van der Waals surface area contributed by atoms with Crippen molar-refractivity contribution in [1.82, 2.24) is 4.90 Å². The molecule has 0 heterocycles. The maximum Gasteiger partial charge on any atom is 0.226 e. The molecule has 0 radical (unpaired) electrons. The van der Waals surface area contributed by atoms with Crippen LogP contribution < -0.4 is 0 Å². The molecule has 1 aromatic carbocycles. The van der Waals surface area contributed by atoms with E-state index in [9.17, 15) is 9.18 Å². The quantitative estimate of drug-likeness (QED) is 0.784. The lowest BCUT2D eigenvalue weighted by Crippen LogP contribution is -2.29. The Balaban J connectivity index is 1.95. The van der Waals surface area contributed by atoms with E-state index in [0.717, 1.165) is 25.8 Å². The minimum atomic E-state index is -0.186. The molecule has 1 saturated carbocycles. The standard InChI is InChI=1S/C15H20FNO/c1-3-4-9-17(2)15(18)13-10-12(13)11-7-5-6-8-14(11)16/h5-8,12-13H,3-4,9-10H2,1-2H3. The second-order valence-corrected chi connectivity index (χ2v) is 5.08. The normalized spacial score (nSPS) is 21.7. The van der Waals surface area contributed by atoms with Gasteiger partial charge >= 0.3 is 0 Å². The molecule has 1 aliphatic rings. The van der Waals surface area contributed by atoms with E-state index in [1.807, 2.05) is 13.1 Å². The number of amides is 1. The summed E-state index contributed by atoms with van der Waals surface area (Å²) in [4.78, 5) is 13.9. The number of hydrogen-bond donors (Lipinski definition) is 0. The molecule has 3 heteroatoms. The van der Waals surface area contributed by atoms with E-state index in [0.29, 0.717) is 5.56 Å². The third-order valence-corrected chi connectivity index (χ3v) is 3.64. The molecule has 1 amide bonds. The summed E-state index contributed by atoms with van der Waals surface area (Å²) in [6.45, 7) is 2.91. The summed E-state index contributed by atoms with van der Waals surface area (Å²) in [6, 6.07) is 6.78. The first-order valence-electron chi connectivity index (χ1n) is 6.64. The lowest BCUT2D eigenvalue weighted by molar-refractivity contribution is -0.131. The molecular weight excluding hydrogens is 229 g/mol. The van der Waals surface area contributed by atoms with Crippen LogP contribution in [0.3, 0.4) is 0 Å². The van der Waals surface area contributed by atoms with Crippen LogP contribution in [0.25, 0.3) is 0 Å². The fraction of sp³-hybridized carbons (Fsp3) is 0.533. The minimum absolute atomic E-state index is 0.0104. The fourth-order valence-corrected chi connectivity index (χ4v) is 2.38. The second kappa shape index (κ2) is 5.51. The van der Waals surface area contributed by atoms with Crippen molar-refractivity contribution in [3.05, 3.63) is 35.6 Å². The Bertz CT molecular complexity index is 432. The molecule has 0 spiro atoms. The number of benzene rings is 1. The predicted octanol–water partition coefficient (Wildman–Crippen LogP) is 3.19. The lowest BCUT2D eigenvalue weighted by Gasteiger charge is -2.16. The highest BCUT2D eigenvalue weighted by molar-refractivity contribution is 5.82. The predicted molar refractivity (Wildman–Crippen MR) is 69.8 cm³/mol. The average Bonchev–Trinajstić information content (AvgIpc) is 3.15. The fourth-order valence-electron chi connectivity index (χ4n) is 2.38. The van der Waals surface area contributed by atoms with Gasteiger partial charge < -0.3 is 4.90 Å². The number of nitrogens with zero attached hydrogens (tertiary/aromatic N) is 1. The number of halogens is 1. The van der Waals surface area contributed by atoms with Gasteiger partial charge in [-0.25, -0.2) is 4.39 Å². The van der Waals surface area contributed by atoms with Crippen LogP contribution in [-0.2, 0) is 4.79 Å². The number of carbonyl (C=O) groups excluding carboxylic acids is 1. The Labute approximate surface area is 108 Å². The Hall–Kier alpha value is -1.38. The van der Waals surface area contributed by atoms with E-state index in [-0.39, 0.29) is 23.6 Å². The van der Waals surface area contributed by atoms with Crippen LogP contribution in [0.1, 0.15) is 37.7 Å². The highest BCUT2D eigenvalue weighted by atomic mass is 19.1. The van der Waals surface area contributed by atoms with E-state index in [4.69, 9.17) is 0 Å². The molecule has 0 aliphatic heterocycles. The zero-order valence-corrected chi connectivity index (χ0v) is 11.0. The Kier molecular flexibility index (Phi) is 4.00. The van der Waals surface area contributed by atoms with E-state index < -0.39 is 0 Å². The van der Waals surface area contributed by atoms with Crippen molar-refractivity contribution < 1.29 is 9.18 Å². The maximum atomic E-state index is 13.6. The number of carbonyl (C=O) groups is 1. The molecule has 0 N–H and O–H groups in total. The molecule has 0 aromatic heterocycles. The van der Waals surface area contributed by atoms with Crippen molar-refractivity contribution in [2.45, 2.75) is 32.1 Å². The largest absolute Gasteiger partial charge is 0.346 e. The minimum Gasteiger partial charge on any atom is -0.346 e. The third kappa shape index (κ3) is 2.71. The summed E-state index contributed by atoms with van der Waals surface area (Å²) >= 11 is 0. The highest BCUT2D eigenvalue weighted by Crippen LogP contribution is 2.49. The van der Waals surface area contributed by atoms with Gasteiger partial charge in [0, 0.05) is 19.5 Å². The summed E-state index contributed by atoms with van der Waals surface area (Å²) in [6.07, 6.45) is 2.90. The zero-order chi connectivity index (χ0) is 13.1. The van der Waals surface area contributed by atoms with Crippen LogP contribution in [0.2, 0.25) is 0 Å². The molecule has 18 heavy (non-hydrogen) atoms. The molecular formula is C15H20FNO. The Morgan fingerprint density at radius 1 is 1.44 bits per heavy atom. The average molecular weight is 249 g/mol. The second-order valence-electron chi connectivity index (χ2n) is 5.08. The smallest absolute Gasteiger partial charge is 0.226 e. The molecule has 2 nitrogen and oxygen atoms in total. The van der Waals surface area contributed by atoms with E-state index in [2.05, 4.69) is 6.92 Å². The summed E-state index contributed by atoms with van der Waals surface area (Å²) in [5.74, 6) is 0.0530. The third-order valence-electron chi connectivity index (χ3n) is 3.64. The molecule has 0 bridgehead atoms. The maximum absolute atomic E-state index is 13.6. The number of rotatable bonds is 5. The first-order chi connectivity index (χ1) is 8.65. The van der Waals surface area contributed by atoms with Crippen LogP contribution in [-0.4, -0.2) is 24.4 Å². The summed E-state index contributed by atoms with van der Waals surface area (Å²) in [7, 11) is 1.84. The molecule has 1 fully saturated rings. The van der Waals surface area contributed by atoms with Crippen LogP contribution >= 0.6 is 0 Å². The summed E-state index contributed by atoms with van der Waals surface area (Å²) in [5.41, 5.74) is 0.694. The first kappa shape index (κ1) is 13.1. The number of hydrogen-bond acceptors (Lipinski definition) is 1. The monoisotopic (exact) mass is 249 g/mol. The topological polar surface area (TPSA) is 20.3 Å². The first-order valence-corrected chi connectivity index (χ1v) is 6.64. The van der Waals surface area contributed by atoms with Gasteiger partial charge in [-0.1, -0.05) is 31.5 Å². The molecule has 1 aromatic rings. The van der Waals surface area contributed by atoms with Crippen molar-refractivity contribution >= 4 is 5.91 Å². The van der Waals surface area contributed by atoms with Crippen molar-refractivity contribution in [3.8, 4) is 0 Å². The van der Waals surface area contributed by atoms with Gasteiger partial charge in [0.05, 0.1) is 0 Å². The van der Waals surface area contributed by atoms with Crippen molar-refractivity contribution in [2.75, 3.05) is 13.6 Å². The van der Waals surface area contributed by atoms with Gasteiger partial charge in [0.15, 0.2) is 0 Å². The Morgan fingerprint density at radius 3 is 2.83 bits per heavy atom. The molecule has 2 atom stereocenters. The molecule has 2 rings (SSSR count). The Morgan fingerprint density at radius 2 is 2.17 bits per heavy atom. The van der Waals surface area contributed by atoms with Crippen molar-refractivity contribution in [2.24, 2.45) is 5.92 Å². The summed E-state index contributed by atoms with van der Waals surface area (Å²) < 4.78 is 13.6. The van der Waals surface area contributed by atoms with Gasteiger partial charge in [0.25, 0.3) is 0 Å². The molecule has 0 saturated heterocycles. The van der Waals surface area contributed by atoms with E-state index in [1.165, 1.54) is 6.07 Å². The highest BCUT2D eigenvalue weighted by Gasteiger charge is 2.46. The van der Waals surface area contributed by atoms with Crippen LogP contribution in [0.5, 0.6) is 0 Å². The molecule has 1 aliphatic carbocycles. The van der Waals surface area contributed by atoms with Crippen LogP contribution in [0.15, 0.2) is 24.3 Å². The SMILES string of the molecule is CCCCN(C)C(=O)C1CC1c1ccccc1F. The van der Waals surface area contributed by atoms with E-state index in [1.54, 1.807) is 17.0 Å². The molecule has 2 unspecified atom stereocenters. The number of unbranched alkanes of at least 4 members (excludes halogenated alkanes) is 1. The van der Waals surface area contributed by atoms with E-state index >= 15 is 0 Å². The van der Waals surface area contributed by atoms with Gasteiger partial charge in [0.2, 0.25) is 5.91 Å².